The van der Waals surface area contributed by atoms with Crippen LogP contribution in [0.2, 0.25) is 98.2 Å². The van der Waals surface area contributed by atoms with E-state index in [2.05, 4.69) is 98.2 Å². The maximum atomic E-state index is 6.85. The molecular formula is C21H52O6Si5. The highest BCUT2D eigenvalue weighted by atomic mass is 28.4. The Labute approximate surface area is 203 Å². The van der Waals surface area contributed by atoms with Crippen molar-refractivity contribution in [2.45, 2.75) is 122 Å². The fraction of sp³-hybridized carbons (Fsp3) is 1.00. The molecule has 0 bridgehead atoms. The molecule has 1 heterocycles. The van der Waals surface area contributed by atoms with Crippen LogP contribution in [0.4, 0.5) is 0 Å². The van der Waals surface area contributed by atoms with Gasteiger partial charge in [0.15, 0.2) is 41.6 Å². The van der Waals surface area contributed by atoms with Crippen molar-refractivity contribution in [3.8, 4) is 0 Å². The lowest BCUT2D eigenvalue weighted by Gasteiger charge is -2.43. The first-order valence-electron chi connectivity index (χ1n) is 11.9. The zero-order chi connectivity index (χ0) is 25.4. The van der Waals surface area contributed by atoms with Gasteiger partial charge in [0.25, 0.3) is 0 Å². The lowest BCUT2D eigenvalue weighted by atomic mass is 10.1. The van der Waals surface area contributed by atoms with E-state index in [1.165, 1.54) is 0 Å². The molecule has 32 heavy (non-hydrogen) atoms. The summed E-state index contributed by atoms with van der Waals surface area (Å²) in [6.45, 7) is 33.9. The molecule has 1 rings (SSSR count). The van der Waals surface area contributed by atoms with E-state index in [0.717, 1.165) is 0 Å². The topological polar surface area (TPSA) is 55.4 Å². The molecule has 0 aromatic carbocycles. The van der Waals surface area contributed by atoms with Crippen LogP contribution in [0, 0.1) is 0 Å². The molecule has 0 spiro atoms. The highest BCUT2D eigenvalue weighted by molar-refractivity contribution is 6.71. The quantitative estimate of drug-likeness (QED) is 0.280. The summed E-state index contributed by atoms with van der Waals surface area (Å²) in [7, 11) is -9.43. The summed E-state index contributed by atoms with van der Waals surface area (Å²) in [4.78, 5) is 0. The second-order valence-electron chi connectivity index (χ2n) is 13.9. The SMILES string of the molecule is C[Si](C)(C)OC[C@H]1O[C@](CO[Si](C)(C)C)(O[Si](C)(C)C)[C@H](O[Si](C)(C)C)[C@@H]1O[Si](C)(C)C. The molecule has 0 radical (unpaired) electrons. The monoisotopic (exact) mass is 540 g/mol. The van der Waals surface area contributed by atoms with E-state index < -0.39 is 47.4 Å². The number of hydrogen-bond donors (Lipinski definition) is 0. The summed E-state index contributed by atoms with van der Waals surface area (Å²) < 4.78 is 40.1. The van der Waals surface area contributed by atoms with E-state index in [9.17, 15) is 0 Å². The first-order chi connectivity index (χ1) is 13.9. The van der Waals surface area contributed by atoms with Crippen LogP contribution in [0.1, 0.15) is 0 Å². The minimum absolute atomic E-state index is 0.244. The van der Waals surface area contributed by atoms with E-state index in [0.29, 0.717) is 13.2 Å². The third-order valence-electron chi connectivity index (χ3n) is 4.29. The molecule has 0 N–H and O–H groups in total. The zero-order valence-corrected chi connectivity index (χ0v) is 28.6. The van der Waals surface area contributed by atoms with Crippen molar-refractivity contribution in [2.24, 2.45) is 0 Å². The van der Waals surface area contributed by atoms with Crippen LogP contribution in [0.15, 0.2) is 0 Å². The largest absolute Gasteiger partial charge is 0.415 e. The fourth-order valence-corrected chi connectivity index (χ4v) is 8.17. The molecule has 0 aliphatic carbocycles. The molecular weight excluding hydrogens is 489 g/mol. The van der Waals surface area contributed by atoms with Crippen LogP contribution >= 0.6 is 0 Å². The molecule has 11 heteroatoms. The van der Waals surface area contributed by atoms with Crippen LogP contribution in [0.3, 0.4) is 0 Å². The summed E-state index contributed by atoms with van der Waals surface area (Å²) in [5.41, 5.74) is 0. The summed E-state index contributed by atoms with van der Waals surface area (Å²) in [6, 6.07) is 0. The minimum atomic E-state index is -2.02. The Kier molecular flexibility index (Phi) is 10.1. The van der Waals surface area contributed by atoms with Crippen LogP contribution in [-0.2, 0) is 26.9 Å². The van der Waals surface area contributed by atoms with Gasteiger partial charge in [0.05, 0.1) is 13.2 Å². The smallest absolute Gasteiger partial charge is 0.210 e. The third kappa shape index (κ3) is 11.5. The fourth-order valence-electron chi connectivity index (χ4n) is 3.44. The van der Waals surface area contributed by atoms with Crippen molar-refractivity contribution in [1.29, 1.82) is 0 Å². The van der Waals surface area contributed by atoms with Gasteiger partial charge in [0.1, 0.15) is 18.3 Å². The Balaban J connectivity index is 3.53. The minimum Gasteiger partial charge on any atom is -0.415 e. The molecule has 4 atom stereocenters. The van der Waals surface area contributed by atoms with Crippen molar-refractivity contribution >= 4 is 41.6 Å². The highest BCUT2D eigenvalue weighted by Crippen LogP contribution is 2.42. The second-order valence-corrected chi connectivity index (χ2v) is 36.2. The van der Waals surface area contributed by atoms with Gasteiger partial charge in [-0.05, 0) is 98.2 Å². The van der Waals surface area contributed by atoms with Crippen molar-refractivity contribution in [1.82, 2.24) is 0 Å². The Hall–Kier alpha value is 0.844. The van der Waals surface area contributed by atoms with Crippen molar-refractivity contribution in [2.75, 3.05) is 13.2 Å². The van der Waals surface area contributed by atoms with E-state index in [-0.39, 0.29) is 18.3 Å². The number of rotatable bonds is 12. The predicted molar refractivity (Wildman–Crippen MR) is 147 cm³/mol. The average Bonchev–Trinajstić information content (AvgIpc) is 2.71. The Bertz CT molecular complexity index is 600. The van der Waals surface area contributed by atoms with E-state index in [4.69, 9.17) is 26.9 Å². The molecule has 0 saturated carbocycles. The zero-order valence-electron chi connectivity index (χ0n) is 23.6. The van der Waals surface area contributed by atoms with Gasteiger partial charge >= 0.3 is 0 Å². The third-order valence-corrected chi connectivity index (χ3v) is 9.23. The first-order valence-corrected chi connectivity index (χ1v) is 29.0. The van der Waals surface area contributed by atoms with Crippen LogP contribution in [0.25, 0.3) is 0 Å². The molecule has 192 valence electrons. The molecule has 1 fully saturated rings. The molecule has 0 aromatic rings. The molecule has 1 aliphatic heterocycles. The van der Waals surface area contributed by atoms with Crippen LogP contribution in [-0.4, -0.2) is 78.9 Å². The summed E-state index contributed by atoms with van der Waals surface area (Å²) in [5, 5.41) is 0. The van der Waals surface area contributed by atoms with Gasteiger partial charge in [0.2, 0.25) is 5.79 Å². The van der Waals surface area contributed by atoms with Crippen molar-refractivity contribution < 1.29 is 26.9 Å². The normalized spacial score (nSPS) is 28.4. The Morgan fingerprint density at radius 1 is 0.594 bits per heavy atom. The van der Waals surface area contributed by atoms with E-state index >= 15 is 0 Å². The van der Waals surface area contributed by atoms with E-state index in [1.807, 2.05) is 0 Å². The molecule has 0 amide bonds. The van der Waals surface area contributed by atoms with Gasteiger partial charge in [-0.25, -0.2) is 0 Å². The van der Waals surface area contributed by atoms with Crippen LogP contribution < -0.4 is 0 Å². The average molecular weight is 541 g/mol. The molecule has 0 aromatic heterocycles. The molecule has 1 aliphatic rings. The van der Waals surface area contributed by atoms with Crippen molar-refractivity contribution in [3.63, 3.8) is 0 Å². The molecule has 6 nitrogen and oxygen atoms in total. The van der Waals surface area contributed by atoms with Crippen molar-refractivity contribution in [3.05, 3.63) is 0 Å². The second kappa shape index (κ2) is 10.4. The highest BCUT2D eigenvalue weighted by Gasteiger charge is 2.61. The van der Waals surface area contributed by atoms with Gasteiger partial charge < -0.3 is 26.9 Å². The Morgan fingerprint density at radius 3 is 1.44 bits per heavy atom. The molecule has 0 unspecified atom stereocenters. The van der Waals surface area contributed by atoms with Gasteiger partial charge in [-0.2, -0.15) is 0 Å². The number of ether oxygens (including phenoxy) is 1. The number of hydrogen-bond acceptors (Lipinski definition) is 6. The van der Waals surface area contributed by atoms with Crippen LogP contribution in [0.5, 0.6) is 0 Å². The predicted octanol–water partition coefficient (Wildman–Crippen LogP) is 6.08. The lowest BCUT2D eigenvalue weighted by molar-refractivity contribution is -0.229. The summed E-state index contributed by atoms with van der Waals surface area (Å²) in [6.07, 6.45) is -0.845. The maximum Gasteiger partial charge on any atom is 0.210 e. The maximum absolute atomic E-state index is 6.85. The van der Waals surface area contributed by atoms with Gasteiger partial charge in [-0.1, -0.05) is 0 Å². The summed E-state index contributed by atoms with van der Waals surface area (Å²) in [5.74, 6) is -0.983. The van der Waals surface area contributed by atoms with Gasteiger partial charge in [0, 0.05) is 0 Å². The molecule has 1 saturated heterocycles. The first kappa shape index (κ1) is 30.9. The lowest BCUT2D eigenvalue weighted by Crippen LogP contribution is -2.59. The Morgan fingerprint density at radius 2 is 1.06 bits per heavy atom. The van der Waals surface area contributed by atoms with Gasteiger partial charge in [-0.15, -0.1) is 0 Å². The van der Waals surface area contributed by atoms with E-state index in [1.54, 1.807) is 0 Å². The standard InChI is InChI=1S/C21H52O6Si5/c1-28(2,3)22-16-18-19(25-30(7,8)9)20(26-31(10,11)12)21(24-18,27-32(13,14)15)17-23-29(4,5)6/h18-20H,16-17H2,1-15H3/t18-,19-,20-,21-/m1/s1. The van der Waals surface area contributed by atoms with Gasteiger partial charge in [-0.3, -0.25) is 0 Å². The summed E-state index contributed by atoms with van der Waals surface area (Å²) >= 11 is 0.